The molecule has 2 saturated carbocycles. The van der Waals surface area contributed by atoms with E-state index in [4.69, 9.17) is 18.9 Å². The van der Waals surface area contributed by atoms with Crippen LogP contribution in [0.5, 0.6) is 17.2 Å². The SMILES string of the molecule is COC(=O)C1(COc2c(-c3cccc4c3CNC4=O)ccc(OC)c2OC)CC1C1CCC1. The Kier molecular flexibility index (Phi) is 5.43. The maximum Gasteiger partial charge on any atom is 0.315 e. The minimum atomic E-state index is -0.624. The van der Waals surface area contributed by atoms with Gasteiger partial charge in [-0.3, -0.25) is 9.59 Å². The van der Waals surface area contributed by atoms with Crippen molar-refractivity contribution in [1.82, 2.24) is 5.32 Å². The minimum absolute atomic E-state index is 0.0826. The van der Waals surface area contributed by atoms with Crippen LogP contribution >= 0.6 is 0 Å². The number of benzene rings is 2. The second kappa shape index (κ2) is 8.28. The lowest BCUT2D eigenvalue weighted by atomic mass is 9.79. The number of methoxy groups -OCH3 is 3. The molecule has 1 heterocycles. The molecule has 2 unspecified atom stereocenters. The van der Waals surface area contributed by atoms with Crippen LogP contribution in [0.4, 0.5) is 0 Å². The summed E-state index contributed by atoms with van der Waals surface area (Å²) in [5, 5.41) is 2.89. The van der Waals surface area contributed by atoms with Gasteiger partial charge in [-0.1, -0.05) is 31.4 Å². The lowest BCUT2D eigenvalue weighted by Gasteiger charge is -2.28. The molecule has 0 spiro atoms. The summed E-state index contributed by atoms with van der Waals surface area (Å²) in [6.45, 7) is 0.664. The van der Waals surface area contributed by atoms with Crippen LogP contribution in [0.1, 0.15) is 41.6 Å². The largest absolute Gasteiger partial charge is 0.493 e. The van der Waals surface area contributed by atoms with Crippen molar-refractivity contribution in [2.24, 2.45) is 17.3 Å². The third-order valence-corrected chi connectivity index (χ3v) is 7.56. The topological polar surface area (TPSA) is 83.1 Å². The molecule has 2 aromatic carbocycles. The number of nitrogens with one attached hydrogen (secondary N) is 1. The standard InChI is InChI=1S/C26H29NO6/c1-30-21-11-10-17(16-8-5-9-18-19(16)13-27-24(18)28)22(23(21)31-2)33-14-26(25(29)32-3)12-20(26)15-6-4-7-15/h5,8-11,15,20H,4,6-7,12-14H2,1-3H3,(H,27,28). The molecule has 0 aromatic heterocycles. The van der Waals surface area contributed by atoms with E-state index >= 15 is 0 Å². The average molecular weight is 452 g/mol. The highest BCUT2D eigenvalue weighted by atomic mass is 16.5. The van der Waals surface area contributed by atoms with Gasteiger partial charge in [0.25, 0.3) is 5.91 Å². The van der Waals surface area contributed by atoms with Crippen molar-refractivity contribution in [1.29, 1.82) is 0 Å². The first-order valence-electron chi connectivity index (χ1n) is 11.4. The second-order valence-electron chi connectivity index (χ2n) is 9.13. The van der Waals surface area contributed by atoms with E-state index in [0.29, 0.717) is 41.2 Å². The molecule has 1 aliphatic heterocycles. The van der Waals surface area contributed by atoms with E-state index in [0.717, 1.165) is 36.0 Å². The fourth-order valence-electron chi connectivity index (χ4n) is 5.42. The van der Waals surface area contributed by atoms with Gasteiger partial charge in [-0.25, -0.2) is 0 Å². The molecule has 0 bridgehead atoms. The van der Waals surface area contributed by atoms with Crippen molar-refractivity contribution >= 4 is 11.9 Å². The summed E-state index contributed by atoms with van der Waals surface area (Å²) >= 11 is 0. The summed E-state index contributed by atoms with van der Waals surface area (Å²) in [6.07, 6.45) is 4.33. The van der Waals surface area contributed by atoms with E-state index in [9.17, 15) is 9.59 Å². The van der Waals surface area contributed by atoms with Gasteiger partial charge in [-0.15, -0.1) is 0 Å². The van der Waals surface area contributed by atoms with Gasteiger partial charge in [-0.05, 0) is 47.6 Å². The molecule has 7 nitrogen and oxygen atoms in total. The Morgan fingerprint density at radius 1 is 1.03 bits per heavy atom. The van der Waals surface area contributed by atoms with Crippen LogP contribution in [0.2, 0.25) is 0 Å². The third kappa shape index (κ3) is 3.41. The predicted molar refractivity (Wildman–Crippen MR) is 122 cm³/mol. The first-order chi connectivity index (χ1) is 16.0. The molecule has 33 heavy (non-hydrogen) atoms. The molecule has 5 rings (SSSR count). The van der Waals surface area contributed by atoms with E-state index in [1.807, 2.05) is 30.3 Å². The molecule has 0 saturated heterocycles. The van der Waals surface area contributed by atoms with Gasteiger partial charge in [0.05, 0.1) is 21.3 Å². The minimum Gasteiger partial charge on any atom is -0.493 e. The Labute approximate surface area is 193 Å². The number of carbonyl (C=O) groups excluding carboxylic acids is 2. The summed E-state index contributed by atoms with van der Waals surface area (Å²) < 4.78 is 22.8. The molecule has 1 N–H and O–H groups in total. The Hall–Kier alpha value is -3.22. The third-order valence-electron chi connectivity index (χ3n) is 7.56. The van der Waals surface area contributed by atoms with Crippen molar-refractivity contribution in [2.75, 3.05) is 27.9 Å². The highest BCUT2D eigenvalue weighted by Gasteiger charge is 2.65. The lowest BCUT2D eigenvalue weighted by Crippen LogP contribution is -2.30. The van der Waals surface area contributed by atoms with Crippen LogP contribution in [-0.2, 0) is 16.1 Å². The second-order valence-corrected chi connectivity index (χ2v) is 9.13. The number of hydrogen-bond acceptors (Lipinski definition) is 6. The molecule has 174 valence electrons. The number of amides is 1. The van der Waals surface area contributed by atoms with E-state index < -0.39 is 5.41 Å². The molecule has 7 heteroatoms. The van der Waals surface area contributed by atoms with Crippen LogP contribution in [-0.4, -0.2) is 39.8 Å². The number of carbonyl (C=O) groups is 2. The van der Waals surface area contributed by atoms with E-state index in [-0.39, 0.29) is 18.5 Å². The fraction of sp³-hybridized carbons (Fsp3) is 0.462. The highest BCUT2D eigenvalue weighted by Crippen LogP contribution is 2.62. The number of esters is 1. The van der Waals surface area contributed by atoms with E-state index in [1.54, 1.807) is 14.2 Å². The first-order valence-corrected chi connectivity index (χ1v) is 11.4. The maximum absolute atomic E-state index is 12.8. The first kappa shape index (κ1) is 21.6. The number of rotatable bonds is 8. The predicted octanol–water partition coefficient (Wildman–Crippen LogP) is 3.97. The quantitative estimate of drug-likeness (QED) is 0.612. The van der Waals surface area contributed by atoms with Crippen molar-refractivity contribution in [3.8, 4) is 28.4 Å². The zero-order valence-corrected chi connectivity index (χ0v) is 19.2. The van der Waals surface area contributed by atoms with Crippen LogP contribution < -0.4 is 19.5 Å². The molecule has 1 amide bonds. The number of ether oxygens (including phenoxy) is 4. The molecule has 2 fully saturated rings. The van der Waals surface area contributed by atoms with Crippen molar-refractivity contribution in [3.63, 3.8) is 0 Å². The van der Waals surface area contributed by atoms with Crippen LogP contribution in [0.15, 0.2) is 30.3 Å². The van der Waals surface area contributed by atoms with Crippen molar-refractivity contribution < 1.29 is 28.5 Å². The summed E-state index contributed by atoms with van der Waals surface area (Å²) in [4.78, 5) is 25.0. The molecule has 2 aromatic rings. The molecule has 0 radical (unpaired) electrons. The summed E-state index contributed by atoms with van der Waals surface area (Å²) in [5.74, 6) is 2.07. The Bertz CT molecular complexity index is 1110. The summed E-state index contributed by atoms with van der Waals surface area (Å²) in [5.41, 5.74) is 2.64. The van der Waals surface area contributed by atoms with Crippen LogP contribution in [0.25, 0.3) is 11.1 Å². The Morgan fingerprint density at radius 2 is 1.82 bits per heavy atom. The summed E-state index contributed by atoms with van der Waals surface area (Å²) in [7, 11) is 4.59. The highest BCUT2D eigenvalue weighted by molar-refractivity contribution is 6.01. The zero-order chi connectivity index (χ0) is 23.2. The summed E-state index contributed by atoms with van der Waals surface area (Å²) in [6, 6.07) is 9.40. The molecular formula is C26H29NO6. The van der Waals surface area contributed by atoms with Gasteiger partial charge in [0.1, 0.15) is 12.0 Å². The monoisotopic (exact) mass is 451 g/mol. The Balaban J connectivity index is 1.54. The van der Waals surface area contributed by atoms with Crippen LogP contribution in [0, 0.1) is 17.3 Å². The molecule has 3 aliphatic rings. The van der Waals surface area contributed by atoms with E-state index in [2.05, 4.69) is 5.32 Å². The number of hydrogen-bond donors (Lipinski definition) is 1. The molecule has 2 aliphatic carbocycles. The van der Waals surface area contributed by atoms with Crippen molar-refractivity contribution in [2.45, 2.75) is 32.2 Å². The zero-order valence-electron chi connectivity index (χ0n) is 19.2. The van der Waals surface area contributed by atoms with Gasteiger partial charge < -0.3 is 24.3 Å². The molecular weight excluding hydrogens is 422 g/mol. The maximum atomic E-state index is 12.8. The average Bonchev–Trinajstić information content (AvgIpc) is 3.39. The van der Waals surface area contributed by atoms with Gasteiger partial charge in [0.15, 0.2) is 11.5 Å². The van der Waals surface area contributed by atoms with Crippen LogP contribution in [0.3, 0.4) is 0 Å². The van der Waals surface area contributed by atoms with Gasteiger partial charge >= 0.3 is 5.97 Å². The normalized spacial score (nSPS) is 23.2. The molecule has 2 atom stereocenters. The Morgan fingerprint density at radius 3 is 2.48 bits per heavy atom. The fourth-order valence-corrected chi connectivity index (χ4v) is 5.42. The van der Waals surface area contributed by atoms with Gasteiger partial charge in [0.2, 0.25) is 5.75 Å². The smallest absolute Gasteiger partial charge is 0.315 e. The lowest BCUT2D eigenvalue weighted by molar-refractivity contribution is -0.149. The van der Waals surface area contributed by atoms with Gasteiger partial charge in [-0.2, -0.15) is 0 Å². The van der Waals surface area contributed by atoms with E-state index in [1.165, 1.54) is 13.5 Å². The van der Waals surface area contributed by atoms with Crippen molar-refractivity contribution in [3.05, 3.63) is 41.5 Å². The van der Waals surface area contributed by atoms with Gasteiger partial charge in [0, 0.05) is 17.7 Å². The number of fused-ring (bicyclic) bond motifs is 1.